The van der Waals surface area contributed by atoms with Gasteiger partial charge in [-0.3, -0.25) is 14.9 Å². The Hall–Kier alpha value is -2.30. The van der Waals surface area contributed by atoms with Crippen molar-refractivity contribution in [3.05, 3.63) is 48.4 Å². The van der Waals surface area contributed by atoms with Gasteiger partial charge in [0.15, 0.2) is 5.76 Å². The molecule has 2 N–H and O–H groups in total. The Bertz CT molecular complexity index is 926. The van der Waals surface area contributed by atoms with Crippen LogP contribution in [-0.2, 0) is 4.79 Å². The van der Waals surface area contributed by atoms with Crippen LogP contribution in [0.15, 0.2) is 57.1 Å². The van der Waals surface area contributed by atoms with Gasteiger partial charge < -0.3 is 9.73 Å². The van der Waals surface area contributed by atoms with Crippen LogP contribution in [0.2, 0.25) is 0 Å². The molecule has 0 radical (unpaired) electrons. The van der Waals surface area contributed by atoms with E-state index in [4.69, 9.17) is 4.42 Å². The molecule has 10 heteroatoms. The van der Waals surface area contributed by atoms with Gasteiger partial charge in [-0.2, -0.15) is 9.36 Å². The molecule has 1 atom stereocenters. The van der Waals surface area contributed by atoms with Gasteiger partial charge in [0.2, 0.25) is 16.2 Å². The summed E-state index contributed by atoms with van der Waals surface area (Å²) in [5.74, 6) is 0.690. The average molecular weight is 435 g/mol. The first-order valence-electron chi connectivity index (χ1n) is 8.44. The number of carbonyl (C=O) groups excluding carboxylic acids is 2. The third kappa shape index (κ3) is 5.60. The number of hydrogen-bond donors (Lipinski definition) is 2. The molecule has 3 aromatic rings. The Morgan fingerprint density at radius 1 is 1.21 bits per heavy atom. The van der Waals surface area contributed by atoms with Crippen LogP contribution < -0.4 is 10.6 Å². The van der Waals surface area contributed by atoms with E-state index in [0.29, 0.717) is 16.0 Å². The lowest BCUT2D eigenvalue weighted by atomic mass is 10.3. The Morgan fingerprint density at radius 3 is 2.68 bits per heavy atom. The molecule has 3 rings (SSSR count). The quantitative estimate of drug-likeness (QED) is 0.500. The fraction of sp³-hybridized carbons (Fsp3) is 0.222. The lowest BCUT2D eigenvalue weighted by Crippen LogP contribution is -2.22. The molecule has 0 spiro atoms. The number of anilines is 2. The maximum absolute atomic E-state index is 12.4. The number of amides is 2. The molecule has 28 heavy (non-hydrogen) atoms. The molecule has 7 nitrogen and oxygen atoms in total. The van der Waals surface area contributed by atoms with Gasteiger partial charge in [-0.15, -0.1) is 11.8 Å². The van der Waals surface area contributed by atoms with Crippen molar-refractivity contribution in [2.75, 3.05) is 16.4 Å². The largest absolute Gasteiger partial charge is 0.459 e. The van der Waals surface area contributed by atoms with E-state index in [1.165, 1.54) is 41.3 Å². The van der Waals surface area contributed by atoms with E-state index in [-0.39, 0.29) is 22.8 Å². The Balaban J connectivity index is 1.52. The number of nitrogens with zero attached hydrogens (tertiary/aromatic N) is 2. The van der Waals surface area contributed by atoms with Gasteiger partial charge in [0.25, 0.3) is 5.91 Å². The zero-order chi connectivity index (χ0) is 19.9. The third-order valence-electron chi connectivity index (χ3n) is 3.45. The highest BCUT2D eigenvalue weighted by Crippen LogP contribution is 2.26. The second-order valence-electron chi connectivity index (χ2n) is 5.52. The minimum absolute atomic E-state index is 0.135. The highest BCUT2D eigenvalue weighted by Gasteiger charge is 2.17. The normalized spacial score (nSPS) is 11.8. The second kappa shape index (κ2) is 9.76. The number of hydrogen-bond acceptors (Lipinski definition) is 8. The van der Waals surface area contributed by atoms with E-state index in [0.717, 1.165) is 10.6 Å². The highest BCUT2D eigenvalue weighted by atomic mass is 32.2. The van der Waals surface area contributed by atoms with Gasteiger partial charge in [0.1, 0.15) is 0 Å². The molecule has 0 fully saturated rings. The smallest absolute Gasteiger partial charge is 0.291 e. The minimum atomic E-state index is -0.310. The fourth-order valence-corrected chi connectivity index (χ4v) is 4.27. The first-order chi connectivity index (χ1) is 13.5. The summed E-state index contributed by atoms with van der Waals surface area (Å²) in [5.41, 5.74) is 0.651. The molecule has 0 bridgehead atoms. The van der Waals surface area contributed by atoms with Gasteiger partial charge in [0.05, 0.1) is 11.5 Å². The number of benzene rings is 1. The summed E-state index contributed by atoms with van der Waals surface area (Å²) in [6.07, 6.45) is 1.45. The maximum Gasteiger partial charge on any atom is 0.291 e. The molecule has 1 unspecified atom stereocenters. The zero-order valence-corrected chi connectivity index (χ0v) is 17.6. The molecule has 2 aromatic heterocycles. The fourth-order valence-electron chi connectivity index (χ4n) is 2.13. The Morgan fingerprint density at radius 2 is 2.00 bits per heavy atom. The number of rotatable bonds is 8. The van der Waals surface area contributed by atoms with Crippen molar-refractivity contribution in [1.82, 2.24) is 9.36 Å². The number of furan rings is 1. The lowest BCUT2D eigenvalue weighted by Gasteiger charge is -2.11. The van der Waals surface area contributed by atoms with Crippen molar-refractivity contribution in [1.29, 1.82) is 0 Å². The molecule has 146 valence electrons. The highest BCUT2D eigenvalue weighted by molar-refractivity contribution is 8.00. The number of nitrogens with one attached hydrogen (secondary N) is 2. The summed E-state index contributed by atoms with van der Waals surface area (Å²) < 4.78 is 9.25. The second-order valence-corrected chi connectivity index (χ2v) is 8.92. The van der Waals surface area contributed by atoms with Crippen molar-refractivity contribution >= 4 is 57.7 Å². The third-order valence-corrected chi connectivity index (χ3v) is 6.04. The van der Waals surface area contributed by atoms with Crippen LogP contribution in [0.5, 0.6) is 0 Å². The van der Waals surface area contributed by atoms with Crippen molar-refractivity contribution in [2.45, 2.75) is 29.1 Å². The van der Waals surface area contributed by atoms with Crippen LogP contribution in [0, 0.1) is 0 Å². The maximum atomic E-state index is 12.4. The van der Waals surface area contributed by atoms with E-state index in [1.807, 2.05) is 26.0 Å². The van der Waals surface area contributed by atoms with Crippen LogP contribution in [-0.4, -0.2) is 32.2 Å². The molecular weight excluding hydrogens is 416 g/mol. The molecule has 1 aromatic carbocycles. The van der Waals surface area contributed by atoms with Crippen LogP contribution in [0.1, 0.15) is 24.4 Å². The molecule has 0 aliphatic carbocycles. The lowest BCUT2D eigenvalue weighted by molar-refractivity contribution is -0.115. The molecule has 0 aliphatic rings. The van der Waals surface area contributed by atoms with Gasteiger partial charge >= 0.3 is 0 Å². The summed E-state index contributed by atoms with van der Waals surface area (Å²) in [5, 5.41) is 6.42. The van der Waals surface area contributed by atoms with Gasteiger partial charge in [-0.05, 0) is 49.1 Å². The summed E-state index contributed by atoms with van der Waals surface area (Å²) >= 11 is 4.13. The predicted molar refractivity (Wildman–Crippen MR) is 113 cm³/mol. The molecule has 0 aliphatic heterocycles. The molecule has 2 heterocycles. The van der Waals surface area contributed by atoms with E-state index in [2.05, 4.69) is 20.0 Å². The van der Waals surface area contributed by atoms with Crippen LogP contribution in [0.4, 0.5) is 10.8 Å². The average Bonchev–Trinajstić information content (AvgIpc) is 3.36. The zero-order valence-electron chi connectivity index (χ0n) is 15.2. The molecular formula is C18H18N4O3S3. The summed E-state index contributed by atoms with van der Waals surface area (Å²) in [4.78, 5) is 29.5. The first kappa shape index (κ1) is 20.4. The molecule has 0 saturated carbocycles. The van der Waals surface area contributed by atoms with E-state index < -0.39 is 0 Å². The predicted octanol–water partition coefficient (Wildman–Crippen LogP) is 4.61. The van der Waals surface area contributed by atoms with Gasteiger partial charge in [-0.25, -0.2) is 0 Å². The van der Waals surface area contributed by atoms with Crippen LogP contribution >= 0.6 is 35.1 Å². The van der Waals surface area contributed by atoms with Gasteiger partial charge in [-0.1, -0.05) is 18.7 Å². The number of carbonyl (C=O) groups is 2. The van der Waals surface area contributed by atoms with Crippen molar-refractivity contribution in [3.8, 4) is 0 Å². The van der Waals surface area contributed by atoms with E-state index in [1.54, 1.807) is 24.3 Å². The van der Waals surface area contributed by atoms with Crippen molar-refractivity contribution < 1.29 is 14.0 Å². The molecule has 2 amide bonds. The first-order valence-corrected chi connectivity index (χ1v) is 11.1. The topological polar surface area (TPSA) is 97.1 Å². The van der Waals surface area contributed by atoms with Crippen molar-refractivity contribution in [3.63, 3.8) is 0 Å². The summed E-state index contributed by atoms with van der Waals surface area (Å²) in [6, 6.07) is 10.5. The van der Waals surface area contributed by atoms with Gasteiger partial charge in [0, 0.05) is 22.1 Å². The molecule has 0 saturated heterocycles. The Kier molecular flexibility index (Phi) is 7.12. The van der Waals surface area contributed by atoms with E-state index in [9.17, 15) is 9.59 Å². The standard InChI is InChI=1S/C18H18N4O3S3/c1-3-26-18-21-17(28-22-18)20-15(23)11(2)27-13-8-6-12(7-9-13)19-16(24)14-5-4-10-25-14/h4-11H,3H2,1-2H3,(H,19,24)(H,20,21,22,23). The number of thioether (sulfide) groups is 2. The Labute approximate surface area is 174 Å². The summed E-state index contributed by atoms with van der Waals surface area (Å²) in [7, 11) is 0. The minimum Gasteiger partial charge on any atom is -0.459 e. The number of aromatic nitrogens is 2. The van der Waals surface area contributed by atoms with Crippen LogP contribution in [0.3, 0.4) is 0 Å². The monoisotopic (exact) mass is 434 g/mol. The summed E-state index contributed by atoms with van der Waals surface area (Å²) in [6.45, 7) is 3.85. The van der Waals surface area contributed by atoms with Crippen LogP contribution in [0.25, 0.3) is 0 Å². The van der Waals surface area contributed by atoms with Crippen molar-refractivity contribution in [2.24, 2.45) is 0 Å². The SMILES string of the molecule is CCSc1nsc(NC(=O)C(C)Sc2ccc(NC(=O)c3ccco3)cc2)n1. The van der Waals surface area contributed by atoms with E-state index >= 15 is 0 Å².